The van der Waals surface area contributed by atoms with Gasteiger partial charge in [0, 0.05) is 12.0 Å². The van der Waals surface area contributed by atoms with E-state index in [-0.39, 0.29) is 0 Å². The highest BCUT2D eigenvalue weighted by Crippen LogP contribution is 2.34. The molecule has 5 heteroatoms. The molecule has 0 aromatic heterocycles. The predicted octanol–water partition coefficient (Wildman–Crippen LogP) is 2.54. The van der Waals surface area contributed by atoms with Crippen molar-refractivity contribution in [2.75, 3.05) is 5.32 Å². The van der Waals surface area contributed by atoms with Gasteiger partial charge in [-0.25, -0.2) is 4.79 Å². The number of nitrogens with one attached hydrogen (secondary N) is 1. The fourth-order valence-electron chi connectivity index (χ4n) is 1.90. The number of fused-ring (bicyclic) bond motifs is 1. The van der Waals surface area contributed by atoms with Crippen molar-refractivity contribution in [3.63, 3.8) is 0 Å². The molecule has 1 aliphatic heterocycles. The molecule has 1 N–H and O–H groups in total. The number of carbonyl (C=O) groups is 2. The number of anilines is 1. The van der Waals surface area contributed by atoms with Gasteiger partial charge in [0.1, 0.15) is 11.4 Å². The Morgan fingerprint density at radius 3 is 2.84 bits per heavy atom. The van der Waals surface area contributed by atoms with Crippen molar-refractivity contribution >= 4 is 18.1 Å². The van der Waals surface area contributed by atoms with Crippen LogP contribution < -0.4 is 10.1 Å². The zero-order chi connectivity index (χ0) is 14.0. The van der Waals surface area contributed by atoms with Crippen LogP contribution in [0.5, 0.6) is 5.75 Å². The standard InChI is InChI=1S/C14H17NO4/c1-14(2,3)19-13(17)15-11-5-4-6-12-10(11)7-9(8-16)18-12/h4-6,8-9H,7H2,1-3H3,(H,15,17). The molecule has 0 spiro atoms. The second-order valence-corrected chi connectivity index (χ2v) is 5.41. The van der Waals surface area contributed by atoms with E-state index in [0.717, 1.165) is 11.8 Å². The van der Waals surface area contributed by atoms with Gasteiger partial charge in [-0.2, -0.15) is 0 Å². The molecule has 1 heterocycles. The molecule has 0 radical (unpaired) electrons. The largest absolute Gasteiger partial charge is 0.482 e. The summed E-state index contributed by atoms with van der Waals surface area (Å²) in [7, 11) is 0. The number of hydrogen-bond acceptors (Lipinski definition) is 4. The Morgan fingerprint density at radius 2 is 2.21 bits per heavy atom. The first-order valence-corrected chi connectivity index (χ1v) is 6.13. The third-order valence-electron chi connectivity index (χ3n) is 2.60. The lowest BCUT2D eigenvalue weighted by atomic mass is 10.1. The van der Waals surface area contributed by atoms with Crippen molar-refractivity contribution in [2.45, 2.75) is 38.9 Å². The summed E-state index contributed by atoms with van der Waals surface area (Å²) < 4.78 is 10.6. The van der Waals surface area contributed by atoms with E-state index < -0.39 is 17.8 Å². The monoisotopic (exact) mass is 263 g/mol. The minimum Gasteiger partial charge on any atom is -0.482 e. The Labute approximate surface area is 111 Å². The Bertz CT molecular complexity index is 505. The van der Waals surface area contributed by atoms with E-state index in [1.807, 2.05) is 0 Å². The quantitative estimate of drug-likeness (QED) is 0.833. The number of rotatable bonds is 2. The molecule has 0 bridgehead atoms. The van der Waals surface area contributed by atoms with Crippen molar-refractivity contribution in [1.82, 2.24) is 0 Å². The maximum atomic E-state index is 11.7. The van der Waals surface area contributed by atoms with Gasteiger partial charge in [0.05, 0.1) is 5.69 Å². The van der Waals surface area contributed by atoms with Crippen LogP contribution in [0.2, 0.25) is 0 Å². The molecule has 1 unspecified atom stereocenters. The van der Waals surface area contributed by atoms with Crippen molar-refractivity contribution in [1.29, 1.82) is 0 Å². The van der Waals surface area contributed by atoms with Crippen LogP contribution in [0.3, 0.4) is 0 Å². The molecule has 1 aromatic carbocycles. The number of aldehydes is 1. The summed E-state index contributed by atoms with van der Waals surface area (Å²) in [5.74, 6) is 0.630. The summed E-state index contributed by atoms with van der Waals surface area (Å²) >= 11 is 0. The van der Waals surface area contributed by atoms with Crippen LogP contribution in [0.4, 0.5) is 10.5 Å². The Morgan fingerprint density at radius 1 is 1.47 bits per heavy atom. The molecule has 1 aliphatic rings. The molecule has 0 fully saturated rings. The Hall–Kier alpha value is -2.04. The van der Waals surface area contributed by atoms with Crippen molar-refractivity contribution < 1.29 is 19.1 Å². The van der Waals surface area contributed by atoms with Gasteiger partial charge in [0.15, 0.2) is 12.4 Å². The molecule has 2 rings (SSSR count). The van der Waals surface area contributed by atoms with Gasteiger partial charge >= 0.3 is 6.09 Å². The van der Waals surface area contributed by atoms with Crippen LogP contribution in [-0.4, -0.2) is 24.1 Å². The maximum Gasteiger partial charge on any atom is 0.412 e. The third-order valence-corrected chi connectivity index (χ3v) is 2.60. The predicted molar refractivity (Wildman–Crippen MR) is 70.5 cm³/mol. The highest BCUT2D eigenvalue weighted by atomic mass is 16.6. The molecular formula is C14H17NO4. The summed E-state index contributed by atoms with van der Waals surface area (Å²) in [5, 5.41) is 2.69. The lowest BCUT2D eigenvalue weighted by molar-refractivity contribution is -0.113. The fourth-order valence-corrected chi connectivity index (χ4v) is 1.90. The van der Waals surface area contributed by atoms with Crippen molar-refractivity contribution in [2.24, 2.45) is 0 Å². The molecule has 0 saturated carbocycles. The molecule has 19 heavy (non-hydrogen) atoms. The van der Waals surface area contributed by atoms with Crippen LogP contribution in [0.25, 0.3) is 0 Å². The normalized spacial score (nSPS) is 17.3. The minimum atomic E-state index is -0.552. The summed E-state index contributed by atoms with van der Waals surface area (Å²) in [6.45, 7) is 5.40. The van der Waals surface area contributed by atoms with Crippen LogP contribution >= 0.6 is 0 Å². The fraction of sp³-hybridized carbons (Fsp3) is 0.429. The number of ether oxygens (including phenoxy) is 2. The first kappa shape index (κ1) is 13.4. The molecule has 1 aromatic rings. The van der Waals surface area contributed by atoms with E-state index >= 15 is 0 Å². The SMILES string of the molecule is CC(C)(C)OC(=O)Nc1cccc2c1CC(C=O)O2. The average Bonchev–Trinajstić information content (AvgIpc) is 2.70. The van der Waals surface area contributed by atoms with Crippen LogP contribution in [0.15, 0.2) is 18.2 Å². The molecule has 102 valence electrons. The van der Waals surface area contributed by atoms with Gasteiger partial charge in [0.25, 0.3) is 0 Å². The minimum absolute atomic E-state index is 0.463. The summed E-state index contributed by atoms with van der Waals surface area (Å²) in [4.78, 5) is 22.5. The first-order valence-electron chi connectivity index (χ1n) is 6.13. The summed E-state index contributed by atoms with van der Waals surface area (Å²) in [5.41, 5.74) is 0.894. The molecule has 0 aliphatic carbocycles. The van der Waals surface area contributed by atoms with Gasteiger partial charge in [-0.1, -0.05) is 6.07 Å². The van der Waals surface area contributed by atoms with Crippen molar-refractivity contribution in [3.05, 3.63) is 23.8 Å². The van der Waals surface area contributed by atoms with E-state index in [2.05, 4.69) is 5.32 Å². The number of benzene rings is 1. The molecule has 1 amide bonds. The van der Waals surface area contributed by atoms with Crippen molar-refractivity contribution in [3.8, 4) is 5.75 Å². The topological polar surface area (TPSA) is 64.6 Å². The highest BCUT2D eigenvalue weighted by molar-refractivity contribution is 5.87. The zero-order valence-corrected chi connectivity index (χ0v) is 11.2. The van der Waals surface area contributed by atoms with Crippen LogP contribution in [0.1, 0.15) is 26.3 Å². The number of carbonyl (C=O) groups excluding carboxylic acids is 2. The van der Waals surface area contributed by atoms with Gasteiger partial charge in [-0.05, 0) is 32.9 Å². The third kappa shape index (κ3) is 3.24. The smallest absolute Gasteiger partial charge is 0.412 e. The zero-order valence-electron chi connectivity index (χ0n) is 11.2. The average molecular weight is 263 g/mol. The number of amides is 1. The second kappa shape index (κ2) is 4.91. The lowest BCUT2D eigenvalue weighted by Crippen LogP contribution is -2.27. The Kier molecular flexibility index (Phi) is 3.46. The molecular weight excluding hydrogens is 246 g/mol. The highest BCUT2D eigenvalue weighted by Gasteiger charge is 2.26. The first-order chi connectivity index (χ1) is 8.89. The number of hydrogen-bond donors (Lipinski definition) is 1. The van der Waals surface area contributed by atoms with Gasteiger partial charge in [0.2, 0.25) is 0 Å². The van der Waals surface area contributed by atoms with E-state index in [0.29, 0.717) is 17.9 Å². The molecule has 5 nitrogen and oxygen atoms in total. The van der Waals surface area contributed by atoms with Gasteiger partial charge in [-0.15, -0.1) is 0 Å². The summed E-state index contributed by atoms with van der Waals surface area (Å²) in [6, 6.07) is 5.30. The van der Waals surface area contributed by atoms with E-state index in [1.165, 1.54) is 0 Å². The molecule has 0 saturated heterocycles. The van der Waals surface area contributed by atoms with E-state index in [1.54, 1.807) is 39.0 Å². The second-order valence-electron chi connectivity index (χ2n) is 5.41. The molecule has 1 atom stereocenters. The van der Waals surface area contributed by atoms with Crippen LogP contribution in [-0.2, 0) is 16.0 Å². The summed E-state index contributed by atoms with van der Waals surface area (Å²) in [6.07, 6.45) is 0.231. The van der Waals surface area contributed by atoms with Gasteiger partial charge in [-0.3, -0.25) is 10.1 Å². The lowest BCUT2D eigenvalue weighted by Gasteiger charge is -2.20. The van der Waals surface area contributed by atoms with E-state index in [4.69, 9.17) is 9.47 Å². The van der Waals surface area contributed by atoms with Gasteiger partial charge < -0.3 is 9.47 Å². The Balaban J connectivity index is 2.13. The maximum absolute atomic E-state index is 11.7. The van der Waals surface area contributed by atoms with E-state index in [9.17, 15) is 9.59 Å². The van der Waals surface area contributed by atoms with Crippen LogP contribution in [0, 0.1) is 0 Å².